The average molecular weight is 408 g/mol. The van der Waals surface area contributed by atoms with E-state index < -0.39 is 5.97 Å². The summed E-state index contributed by atoms with van der Waals surface area (Å²) in [5.41, 5.74) is 2.67. The van der Waals surface area contributed by atoms with Crippen LogP contribution in [0.5, 0.6) is 0 Å². The molecule has 0 saturated carbocycles. The van der Waals surface area contributed by atoms with E-state index >= 15 is 0 Å². The van der Waals surface area contributed by atoms with Crippen LogP contribution in [0.2, 0.25) is 0 Å². The number of hydrogen-bond donors (Lipinski definition) is 2. The van der Waals surface area contributed by atoms with Crippen molar-refractivity contribution in [3.05, 3.63) is 81.7 Å². The van der Waals surface area contributed by atoms with Crippen LogP contribution in [-0.2, 0) is 4.74 Å². The fraction of sp³-hybridized carbons (Fsp3) is 0.136. The van der Waals surface area contributed by atoms with Crippen LogP contribution < -0.4 is 10.6 Å². The van der Waals surface area contributed by atoms with E-state index in [1.807, 2.05) is 31.2 Å². The van der Waals surface area contributed by atoms with Gasteiger partial charge in [-0.05, 0) is 43.7 Å². The van der Waals surface area contributed by atoms with Crippen LogP contribution in [0, 0.1) is 13.8 Å². The number of para-hydroxylation sites is 1. The number of methoxy groups -OCH3 is 1. The number of aryl methyl sites for hydroxylation is 1. The Morgan fingerprint density at radius 3 is 2.28 bits per heavy atom. The van der Waals surface area contributed by atoms with E-state index in [4.69, 9.17) is 4.74 Å². The summed E-state index contributed by atoms with van der Waals surface area (Å²) in [5, 5.41) is 5.82. The van der Waals surface area contributed by atoms with Gasteiger partial charge in [0.1, 0.15) is 5.00 Å². The predicted molar refractivity (Wildman–Crippen MR) is 114 cm³/mol. The number of ether oxygens (including phenoxy) is 1. The number of thiophene rings is 1. The van der Waals surface area contributed by atoms with Crippen molar-refractivity contribution >= 4 is 39.8 Å². The van der Waals surface area contributed by atoms with Crippen molar-refractivity contribution in [3.8, 4) is 0 Å². The lowest BCUT2D eigenvalue weighted by Crippen LogP contribution is -2.14. The van der Waals surface area contributed by atoms with Crippen molar-refractivity contribution in [3.63, 3.8) is 0 Å². The molecule has 0 aliphatic rings. The normalized spacial score (nSPS) is 10.3. The van der Waals surface area contributed by atoms with Crippen molar-refractivity contribution in [2.24, 2.45) is 0 Å². The Kier molecular flexibility index (Phi) is 6.09. The van der Waals surface area contributed by atoms with Gasteiger partial charge in [0.05, 0.1) is 17.6 Å². The fourth-order valence-corrected chi connectivity index (χ4v) is 3.92. The number of amides is 2. The van der Waals surface area contributed by atoms with Crippen LogP contribution in [0.15, 0.2) is 54.6 Å². The first kappa shape index (κ1) is 20.3. The molecular weight excluding hydrogens is 388 g/mol. The first-order valence-corrected chi connectivity index (χ1v) is 9.68. The second-order valence-corrected chi connectivity index (χ2v) is 7.42. The third-order valence-electron chi connectivity index (χ3n) is 4.28. The molecule has 29 heavy (non-hydrogen) atoms. The van der Waals surface area contributed by atoms with Crippen LogP contribution in [0.25, 0.3) is 0 Å². The number of hydrogen-bond acceptors (Lipinski definition) is 5. The first-order valence-electron chi connectivity index (χ1n) is 8.87. The van der Waals surface area contributed by atoms with Gasteiger partial charge in [-0.2, -0.15) is 0 Å². The zero-order valence-electron chi connectivity index (χ0n) is 16.2. The summed E-state index contributed by atoms with van der Waals surface area (Å²) in [6.07, 6.45) is 0. The molecule has 0 saturated heterocycles. The summed E-state index contributed by atoms with van der Waals surface area (Å²) in [5.74, 6) is -1.34. The molecule has 0 aliphatic heterocycles. The van der Waals surface area contributed by atoms with Gasteiger partial charge in [-0.15, -0.1) is 11.3 Å². The summed E-state index contributed by atoms with van der Waals surface area (Å²) in [6.45, 7) is 3.54. The van der Waals surface area contributed by atoms with E-state index in [2.05, 4.69) is 10.6 Å². The number of benzene rings is 2. The maximum absolute atomic E-state index is 12.7. The summed E-state index contributed by atoms with van der Waals surface area (Å²) in [7, 11) is 1.26. The summed E-state index contributed by atoms with van der Waals surface area (Å²) in [4.78, 5) is 38.1. The monoisotopic (exact) mass is 408 g/mol. The number of carbonyl (C=O) groups is 3. The van der Waals surface area contributed by atoms with Crippen molar-refractivity contribution in [1.29, 1.82) is 0 Å². The molecule has 2 amide bonds. The summed E-state index contributed by atoms with van der Waals surface area (Å²) in [6, 6.07) is 16.1. The smallest absolute Gasteiger partial charge is 0.341 e. The highest BCUT2D eigenvalue weighted by molar-refractivity contribution is 7.19. The first-order chi connectivity index (χ1) is 13.9. The summed E-state index contributed by atoms with van der Waals surface area (Å²) >= 11 is 1.04. The van der Waals surface area contributed by atoms with E-state index in [1.54, 1.807) is 37.3 Å². The lowest BCUT2D eigenvalue weighted by molar-refractivity contribution is 0.0601. The second-order valence-electron chi connectivity index (χ2n) is 6.40. The molecule has 0 aliphatic carbocycles. The Balaban J connectivity index is 1.94. The number of rotatable bonds is 5. The third kappa shape index (κ3) is 4.52. The van der Waals surface area contributed by atoms with Gasteiger partial charge in [-0.1, -0.05) is 35.9 Å². The zero-order valence-corrected chi connectivity index (χ0v) is 17.1. The second kappa shape index (κ2) is 8.70. The van der Waals surface area contributed by atoms with E-state index in [1.165, 1.54) is 7.11 Å². The molecule has 0 spiro atoms. The molecule has 2 N–H and O–H groups in total. The minimum Gasteiger partial charge on any atom is -0.465 e. The number of carbonyl (C=O) groups excluding carboxylic acids is 3. The topological polar surface area (TPSA) is 84.5 Å². The predicted octanol–water partition coefficient (Wildman–Crippen LogP) is 4.66. The molecule has 0 unspecified atom stereocenters. The van der Waals surface area contributed by atoms with Gasteiger partial charge in [0, 0.05) is 11.3 Å². The molecule has 0 bridgehead atoms. The van der Waals surface area contributed by atoms with Gasteiger partial charge in [0.25, 0.3) is 11.8 Å². The molecule has 0 radical (unpaired) electrons. The molecule has 1 heterocycles. The van der Waals surface area contributed by atoms with E-state index in [0.717, 1.165) is 16.9 Å². The molecule has 6 nitrogen and oxygen atoms in total. The third-order valence-corrected chi connectivity index (χ3v) is 5.49. The van der Waals surface area contributed by atoms with Gasteiger partial charge in [0.2, 0.25) is 0 Å². The minimum atomic E-state index is -0.614. The lowest BCUT2D eigenvalue weighted by atomic mass is 10.1. The Morgan fingerprint density at radius 1 is 0.897 bits per heavy atom. The average Bonchev–Trinajstić information content (AvgIpc) is 3.04. The molecule has 148 valence electrons. The Morgan fingerprint density at radius 2 is 1.62 bits per heavy atom. The minimum absolute atomic E-state index is 0.178. The van der Waals surface area contributed by atoms with Crippen LogP contribution in [0.3, 0.4) is 0 Å². The Hall–Kier alpha value is -3.45. The standard InChI is InChI=1S/C22H20N2O4S/c1-13-8-7-9-15(12-13)19(25)24-21-17(22(27)28-3)14(2)18(29-21)20(26)23-16-10-5-4-6-11-16/h4-12H,1-3H3,(H,23,26)(H,24,25). The molecule has 3 aromatic rings. The van der Waals surface area contributed by atoms with Gasteiger partial charge in [-0.25, -0.2) is 4.79 Å². The number of anilines is 2. The number of esters is 1. The molecular formula is C22H20N2O4S. The quantitative estimate of drug-likeness (QED) is 0.602. The van der Waals surface area contributed by atoms with E-state index in [0.29, 0.717) is 21.7 Å². The Labute approximate surface area is 172 Å². The number of nitrogens with one attached hydrogen (secondary N) is 2. The van der Waals surface area contributed by atoms with E-state index in [9.17, 15) is 14.4 Å². The molecule has 7 heteroatoms. The van der Waals surface area contributed by atoms with Crippen molar-refractivity contribution in [1.82, 2.24) is 0 Å². The highest BCUT2D eigenvalue weighted by atomic mass is 32.1. The molecule has 3 rings (SSSR count). The van der Waals surface area contributed by atoms with Gasteiger partial charge in [0.15, 0.2) is 0 Å². The van der Waals surface area contributed by atoms with E-state index in [-0.39, 0.29) is 22.4 Å². The van der Waals surface area contributed by atoms with Gasteiger partial charge < -0.3 is 15.4 Å². The SMILES string of the molecule is COC(=O)c1c(NC(=O)c2cccc(C)c2)sc(C(=O)Nc2ccccc2)c1C. The lowest BCUT2D eigenvalue weighted by Gasteiger charge is -2.06. The van der Waals surface area contributed by atoms with Crippen LogP contribution in [0.1, 0.15) is 41.5 Å². The molecule has 0 fully saturated rings. The largest absolute Gasteiger partial charge is 0.465 e. The van der Waals surface area contributed by atoms with Crippen LogP contribution in [0.4, 0.5) is 10.7 Å². The van der Waals surface area contributed by atoms with Gasteiger partial charge in [-0.3, -0.25) is 9.59 Å². The van der Waals surface area contributed by atoms with Crippen molar-refractivity contribution in [2.45, 2.75) is 13.8 Å². The van der Waals surface area contributed by atoms with Crippen molar-refractivity contribution < 1.29 is 19.1 Å². The molecule has 2 aromatic carbocycles. The highest BCUT2D eigenvalue weighted by Gasteiger charge is 2.26. The fourth-order valence-electron chi connectivity index (χ4n) is 2.84. The zero-order chi connectivity index (χ0) is 21.0. The Bertz CT molecular complexity index is 1070. The van der Waals surface area contributed by atoms with Crippen LogP contribution in [-0.4, -0.2) is 24.9 Å². The highest BCUT2D eigenvalue weighted by Crippen LogP contribution is 2.34. The van der Waals surface area contributed by atoms with Gasteiger partial charge >= 0.3 is 5.97 Å². The maximum Gasteiger partial charge on any atom is 0.341 e. The molecule has 1 aromatic heterocycles. The van der Waals surface area contributed by atoms with Crippen LogP contribution >= 0.6 is 11.3 Å². The molecule has 0 atom stereocenters. The van der Waals surface area contributed by atoms with Crippen molar-refractivity contribution in [2.75, 3.05) is 17.7 Å². The summed E-state index contributed by atoms with van der Waals surface area (Å²) < 4.78 is 4.86. The maximum atomic E-state index is 12.7.